The first-order valence-electron chi connectivity index (χ1n) is 7.37. The minimum Gasteiger partial charge on any atom is -0.495 e. The molecule has 1 fully saturated rings. The van der Waals surface area contributed by atoms with E-state index < -0.39 is 6.10 Å². The van der Waals surface area contributed by atoms with Crippen LogP contribution in [-0.2, 0) is 4.74 Å². The van der Waals surface area contributed by atoms with Crippen molar-refractivity contribution in [1.29, 1.82) is 0 Å². The fourth-order valence-corrected chi connectivity index (χ4v) is 2.27. The SMILES string of the molecule is COc1ccccc1NC(N)=NCC(O)CN1CCOCC1. The van der Waals surface area contributed by atoms with Gasteiger partial charge in [-0.2, -0.15) is 0 Å². The zero-order valence-corrected chi connectivity index (χ0v) is 12.9. The molecule has 0 bridgehead atoms. The molecule has 0 aromatic heterocycles. The van der Waals surface area contributed by atoms with Crippen molar-refractivity contribution in [2.75, 3.05) is 51.8 Å². The Morgan fingerprint density at radius 3 is 2.91 bits per heavy atom. The third-order valence-corrected chi connectivity index (χ3v) is 3.41. The smallest absolute Gasteiger partial charge is 0.193 e. The van der Waals surface area contributed by atoms with Crippen LogP contribution in [0.25, 0.3) is 0 Å². The molecule has 1 aliphatic rings. The Labute approximate surface area is 130 Å². The summed E-state index contributed by atoms with van der Waals surface area (Å²) in [6.45, 7) is 3.95. The molecule has 7 nitrogen and oxygen atoms in total. The quantitative estimate of drug-likeness (QED) is 0.510. The van der Waals surface area contributed by atoms with Gasteiger partial charge < -0.3 is 25.6 Å². The molecular weight excluding hydrogens is 284 g/mol. The van der Waals surface area contributed by atoms with Gasteiger partial charge in [-0.3, -0.25) is 9.89 Å². The molecule has 1 atom stereocenters. The monoisotopic (exact) mass is 308 g/mol. The summed E-state index contributed by atoms with van der Waals surface area (Å²) >= 11 is 0. The molecule has 7 heteroatoms. The lowest BCUT2D eigenvalue weighted by molar-refractivity contribution is 0.0165. The standard InChI is InChI=1S/C15H24N4O3/c1-21-14-5-3-2-4-13(14)18-15(16)17-10-12(20)11-19-6-8-22-9-7-19/h2-5,12,20H,6-11H2,1H3,(H3,16,17,18). The number of nitrogens with one attached hydrogen (secondary N) is 1. The average molecular weight is 308 g/mol. The summed E-state index contributed by atoms with van der Waals surface area (Å²) in [6.07, 6.45) is -0.545. The van der Waals surface area contributed by atoms with Crippen LogP contribution >= 0.6 is 0 Å². The van der Waals surface area contributed by atoms with Crippen molar-refractivity contribution in [1.82, 2.24) is 4.90 Å². The molecule has 0 radical (unpaired) electrons. The zero-order valence-electron chi connectivity index (χ0n) is 12.9. The first-order valence-corrected chi connectivity index (χ1v) is 7.37. The van der Waals surface area contributed by atoms with Gasteiger partial charge in [0.25, 0.3) is 0 Å². The molecule has 0 spiro atoms. The first-order chi connectivity index (χ1) is 10.7. The van der Waals surface area contributed by atoms with Gasteiger partial charge in [0.2, 0.25) is 0 Å². The fraction of sp³-hybridized carbons (Fsp3) is 0.533. The number of anilines is 1. The maximum Gasteiger partial charge on any atom is 0.193 e. The van der Waals surface area contributed by atoms with Gasteiger partial charge in [0.05, 0.1) is 38.7 Å². The van der Waals surface area contributed by atoms with E-state index in [-0.39, 0.29) is 12.5 Å². The predicted octanol–water partition coefficient (Wildman–Crippen LogP) is 0.115. The van der Waals surface area contributed by atoms with Crippen LogP contribution in [0.3, 0.4) is 0 Å². The molecule has 0 saturated carbocycles. The highest BCUT2D eigenvalue weighted by Gasteiger charge is 2.14. The normalized spacial score (nSPS) is 18.0. The number of morpholine rings is 1. The number of β-amino-alcohol motifs (C(OH)–C–C–N with tert-alkyl or cyclic N) is 1. The van der Waals surface area contributed by atoms with E-state index in [1.54, 1.807) is 7.11 Å². The van der Waals surface area contributed by atoms with Crippen molar-refractivity contribution in [2.24, 2.45) is 10.7 Å². The number of ether oxygens (including phenoxy) is 2. The summed E-state index contributed by atoms with van der Waals surface area (Å²) < 4.78 is 10.5. The van der Waals surface area contributed by atoms with Gasteiger partial charge in [-0.1, -0.05) is 12.1 Å². The second-order valence-electron chi connectivity index (χ2n) is 5.12. The Kier molecular flexibility index (Phi) is 6.45. The van der Waals surface area contributed by atoms with Gasteiger partial charge in [-0.25, -0.2) is 0 Å². The maximum absolute atomic E-state index is 10.0. The summed E-state index contributed by atoms with van der Waals surface area (Å²) in [5, 5.41) is 13.0. The fourth-order valence-electron chi connectivity index (χ4n) is 2.27. The van der Waals surface area contributed by atoms with Gasteiger partial charge >= 0.3 is 0 Å². The topological polar surface area (TPSA) is 92.3 Å². The van der Waals surface area contributed by atoms with Crippen molar-refractivity contribution in [3.63, 3.8) is 0 Å². The van der Waals surface area contributed by atoms with E-state index in [0.717, 1.165) is 18.8 Å². The highest BCUT2D eigenvalue weighted by atomic mass is 16.5. The van der Waals surface area contributed by atoms with Crippen LogP contribution in [0, 0.1) is 0 Å². The number of aliphatic hydroxyl groups excluding tert-OH is 1. The molecule has 4 N–H and O–H groups in total. The van der Waals surface area contributed by atoms with Crippen LogP contribution in [0.1, 0.15) is 0 Å². The Morgan fingerprint density at radius 2 is 2.18 bits per heavy atom. The molecule has 1 heterocycles. The molecule has 2 rings (SSSR count). The number of para-hydroxylation sites is 2. The predicted molar refractivity (Wildman–Crippen MR) is 86.4 cm³/mol. The number of hydrogen-bond acceptors (Lipinski definition) is 5. The third-order valence-electron chi connectivity index (χ3n) is 3.41. The van der Waals surface area contributed by atoms with E-state index in [1.807, 2.05) is 24.3 Å². The summed E-state index contributed by atoms with van der Waals surface area (Å²) in [7, 11) is 1.60. The number of benzene rings is 1. The number of nitrogens with zero attached hydrogens (tertiary/aromatic N) is 2. The zero-order chi connectivity index (χ0) is 15.8. The van der Waals surface area contributed by atoms with E-state index in [2.05, 4.69) is 15.2 Å². The molecule has 1 aromatic rings. The van der Waals surface area contributed by atoms with Crippen molar-refractivity contribution in [3.05, 3.63) is 24.3 Å². The van der Waals surface area contributed by atoms with E-state index in [1.165, 1.54) is 0 Å². The summed E-state index contributed by atoms with van der Waals surface area (Å²) in [5.41, 5.74) is 6.59. The Balaban J connectivity index is 1.81. The second-order valence-corrected chi connectivity index (χ2v) is 5.12. The van der Waals surface area contributed by atoms with Crippen molar-refractivity contribution >= 4 is 11.6 Å². The second kappa shape index (κ2) is 8.57. The average Bonchev–Trinajstić information content (AvgIpc) is 2.54. The van der Waals surface area contributed by atoms with E-state index >= 15 is 0 Å². The number of nitrogens with two attached hydrogens (primary N) is 1. The van der Waals surface area contributed by atoms with E-state index in [0.29, 0.717) is 25.5 Å². The molecule has 22 heavy (non-hydrogen) atoms. The van der Waals surface area contributed by atoms with E-state index in [4.69, 9.17) is 15.2 Å². The van der Waals surface area contributed by atoms with Crippen LogP contribution in [0.4, 0.5) is 5.69 Å². The minimum atomic E-state index is -0.545. The lowest BCUT2D eigenvalue weighted by Gasteiger charge is -2.28. The summed E-state index contributed by atoms with van der Waals surface area (Å²) in [5.74, 6) is 0.944. The Bertz CT molecular complexity index is 489. The van der Waals surface area contributed by atoms with Crippen LogP contribution in [-0.4, -0.2) is 68.6 Å². The number of methoxy groups -OCH3 is 1. The van der Waals surface area contributed by atoms with Crippen LogP contribution in [0.5, 0.6) is 5.75 Å². The molecular formula is C15H24N4O3. The van der Waals surface area contributed by atoms with Gasteiger partial charge in [-0.15, -0.1) is 0 Å². The number of aliphatic hydroxyl groups is 1. The number of rotatable bonds is 6. The molecule has 0 aliphatic carbocycles. The van der Waals surface area contributed by atoms with Gasteiger partial charge in [0.15, 0.2) is 5.96 Å². The molecule has 1 aliphatic heterocycles. The molecule has 1 unspecified atom stereocenters. The van der Waals surface area contributed by atoms with E-state index in [9.17, 15) is 5.11 Å². The summed E-state index contributed by atoms with van der Waals surface area (Å²) in [4.78, 5) is 6.34. The molecule has 0 amide bonds. The summed E-state index contributed by atoms with van der Waals surface area (Å²) in [6, 6.07) is 7.45. The van der Waals surface area contributed by atoms with Crippen molar-refractivity contribution in [3.8, 4) is 5.75 Å². The number of aliphatic imine (C=N–C) groups is 1. The van der Waals surface area contributed by atoms with Crippen LogP contribution in [0.2, 0.25) is 0 Å². The molecule has 122 valence electrons. The van der Waals surface area contributed by atoms with Gasteiger partial charge in [0.1, 0.15) is 5.75 Å². The molecule has 1 aromatic carbocycles. The number of guanidine groups is 1. The highest BCUT2D eigenvalue weighted by Crippen LogP contribution is 2.22. The third kappa shape index (κ3) is 5.18. The van der Waals surface area contributed by atoms with Gasteiger partial charge in [-0.05, 0) is 12.1 Å². The lowest BCUT2D eigenvalue weighted by Crippen LogP contribution is -2.42. The minimum absolute atomic E-state index is 0.255. The van der Waals surface area contributed by atoms with Crippen LogP contribution in [0.15, 0.2) is 29.3 Å². The van der Waals surface area contributed by atoms with Crippen molar-refractivity contribution < 1.29 is 14.6 Å². The van der Waals surface area contributed by atoms with Gasteiger partial charge in [0, 0.05) is 19.6 Å². The van der Waals surface area contributed by atoms with Crippen LogP contribution < -0.4 is 15.8 Å². The molecule has 1 saturated heterocycles. The lowest BCUT2D eigenvalue weighted by atomic mass is 10.3. The first kappa shape index (κ1) is 16.5. The maximum atomic E-state index is 10.0. The Hall–Kier alpha value is -1.83. The van der Waals surface area contributed by atoms with Crippen molar-refractivity contribution in [2.45, 2.75) is 6.10 Å². The largest absolute Gasteiger partial charge is 0.495 e. The Morgan fingerprint density at radius 1 is 1.45 bits per heavy atom. The highest BCUT2D eigenvalue weighted by molar-refractivity contribution is 5.93. The number of hydrogen-bond donors (Lipinski definition) is 3.